The number of hydrogen-bond donors (Lipinski definition) is 1. The summed E-state index contributed by atoms with van der Waals surface area (Å²) in [6, 6.07) is 3.48. The summed E-state index contributed by atoms with van der Waals surface area (Å²) in [6.45, 7) is 0.301. The van der Waals surface area contributed by atoms with Crippen molar-refractivity contribution < 1.29 is 14.3 Å². The highest BCUT2D eigenvalue weighted by molar-refractivity contribution is 5.94. The lowest BCUT2D eigenvalue weighted by Crippen LogP contribution is -2.45. The molecule has 1 saturated carbocycles. The SMILES string of the molecule is CN(CC(=O)c1ccco1)C1CCCCC1O. The van der Waals surface area contributed by atoms with Crippen molar-refractivity contribution in [3.63, 3.8) is 0 Å². The minimum Gasteiger partial charge on any atom is -0.461 e. The summed E-state index contributed by atoms with van der Waals surface area (Å²) in [7, 11) is 1.89. The third-order valence-corrected chi connectivity index (χ3v) is 3.45. The maximum atomic E-state index is 11.8. The average molecular weight is 237 g/mol. The fraction of sp³-hybridized carbons (Fsp3) is 0.615. The van der Waals surface area contributed by atoms with E-state index < -0.39 is 0 Å². The maximum absolute atomic E-state index is 11.8. The summed E-state index contributed by atoms with van der Waals surface area (Å²) in [5.74, 6) is 0.359. The molecule has 1 aliphatic rings. The molecule has 94 valence electrons. The third-order valence-electron chi connectivity index (χ3n) is 3.45. The van der Waals surface area contributed by atoms with Gasteiger partial charge in [0.05, 0.1) is 18.9 Å². The average Bonchev–Trinajstić information content (AvgIpc) is 2.82. The van der Waals surface area contributed by atoms with E-state index in [1.807, 2.05) is 11.9 Å². The first kappa shape index (κ1) is 12.3. The van der Waals surface area contributed by atoms with Crippen molar-refractivity contribution in [3.05, 3.63) is 24.2 Å². The number of rotatable bonds is 4. The van der Waals surface area contributed by atoms with Gasteiger partial charge in [0.25, 0.3) is 0 Å². The maximum Gasteiger partial charge on any atom is 0.211 e. The van der Waals surface area contributed by atoms with Gasteiger partial charge >= 0.3 is 0 Å². The van der Waals surface area contributed by atoms with Gasteiger partial charge in [-0.05, 0) is 32.0 Å². The number of Topliss-reactive ketones (excluding diaryl/α,β-unsaturated/α-hetero) is 1. The number of nitrogens with zero attached hydrogens (tertiary/aromatic N) is 1. The molecule has 1 fully saturated rings. The second kappa shape index (κ2) is 5.47. The Bertz CT molecular complexity index is 361. The van der Waals surface area contributed by atoms with Crippen molar-refractivity contribution in [2.75, 3.05) is 13.6 Å². The Balaban J connectivity index is 1.92. The van der Waals surface area contributed by atoms with Crippen LogP contribution in [0, 0.1) is 0 Å². The lowest BCUT2D eigenvalue weighted by Gasteiger charge is -2.34. The van der Waals surface area contributed by atoms with Gasteiger partial charge in [-0.2, -0.15) is 0 Å². The van der Waals surface area contributed by atoms with Gasteiger partial charge < -0.3 is 9.52 Å². The molecule has 2 atom stereocenters. The van der Waals surface area contributed by atoms with E-state index in [2.05, 4.69) is 0 Å². The molecule has 0 saturated heterocycles. The van der Waals surface area contributed by atoms with Gasteiger partial charge in [0, 0.05) is 6.04 Å². The standard InChI is InChI=1S/C13H19NO3/c1-14(10-5-2-3-6-11(10)15)9-12(16)13-7-4-8-17-13/h4,7-8,10-11,15H,2-3,5-6,9H2,1H3. The monoisotopic (exact) mass is 237 g/mol. The van der Waals surface area contributed by atoms with Crippen LogP contribution in [0.3, 0.4) is 0 Å². The van der Waals surface area contributed by atoms with Gasteiger partial charge in [-0.25, -0.2) is 0 Å². The summed E-state index contributed by atoms with van der Waals surface area (Å²) in [5.41, 5.74) is 0. The molecule has 4 nitrogen and oxygen atoms in total. The Morgan fingerprint density at radius 1 is 1.53 bits per heavy atom. The van der Waals surface area contributed by atoms with Crippen LogP contribution in [-0.4, -0.2) is 41.5 Å². The van der Waals surface area contributed by atoms with Crippen molar-refractivity contribution in [2.45, 2.75) is 37.8 Å². The van der Waals surface area contributed by atoms with Crippen molar-refractivity contribution in [1.29, 1.82) is 0 Å². The van der Waals surface area contributed by atoms with Crippen LogP contribution in [0.1, 0.15) is 36.2 Å². The molecule has 2 unspecified atom stereocenters. The highest BCUT2D eigenvalue weighted by Gasteiger charge is 2.28. The number of hydrogen-bond acceptors (Lipinski definition) is 4. The van der Waals surface area contributed by atoms with E-state index in [0.29, 0.717) is 12.3 Å². The Kier molecular flexibility index (Phi) is 3.97. The van der Waals surface area contributed by atoms with Gasteiger partial charge in [-0.3, -0.25) is 9.69 Å². The van der Waals surface area contributed by atoms with Gasteiger partial charge in [-0.1, -0.05) is 12.8 Å². The predicted molar refractivity (Wildman–Crippen MR) is 63.9 cm³/mol. The zero-order valence-corrected chi connectivity index (χ0v) is 10.1. The highest BCUT2D eigenvalue weighted by Crippen LogP contribution is 2.22. The first-order valence-corrected chi connectivity index (χ1v) is 6.13. The van der Waals surface area contributed by atoms with Gasteiger partial charge in [0.15, 0.2) is 5.76 Å². The van der Waals surface area contributed by atoms with Crippen molar-refractivity contribution in [2.24, 2.45) is 0 Å². The van der Waals surface area contributed by atoms with E-state index >= 15 is 0 Å². The first-order chi connectivity index (χ1) is 8.18. The zero-order valence-electron chi connectivity index (χ0n) is 10.1. The van der Waals surface area contributed by atoms with E-state index in [0.717, 1.165) is 25.7 Å². The molecule has 0 bridgehead atoms. The fourth-order valence-electron chi connectivity index (χ4n) is 2.46. The number of furan rings is 1. The van der Waals surface area contributed by atoms with E-state index in [4.69, 9.17) is 4.42 Å². The summed E-state index contributed by atoms with van der Waals surface area (Å²) >= 11 is 0. The second-order valence-electron chi connectivity index (χ2n) is 4.73. The molecule has 0 aliphatic heterocycles. The Labute approximate surface area is 101 Å². The van der Waals surface area contributed by atoms with Crippen LogP contribution in [0.4, 0.5) is 0 Å². The fourth-order valence-corrected chi connectivity index (χ4v) is 2.46. The van der Waals surface area contributed by atoms with Crippen LogP contribution in [0.5, 0.6) is 0 Å². The van der Waals surface area contributed by atoms with E-state index in [1.165, 1.54) is 6.26 Å². The molecule has 0 radical (unpaired) electrons. The quantitative estimate of drug-likeness (QED) is 0.810. The highest BCUT2D eigenvalue weighted by atomic mass is 16.3. The number of ketones is 1. The molecular weight excluding hydrogens is 218 g/mol. The number of carbonyl (C=O) groups is 1. The minimum absolute atomic E-state index is 0.0322. The van der Waals surface area contributed by atoms with Gasteiger partial charge in [0.1, 0.15) is 0 Å². The van der Waals surface area contributed by atoms with E-state index in [1.54, 1.807) is 12.1 Å². The normalized spacial score (nSPS) is 25.1. The molecule has 1 heterocycles. The smallest absolute Gasteiger partial charge is 0.211 e. The Hall–Kier alpha value is -1.13. The number of aliphatic hydroxyl groups excluding tert-OH is 1. The van der Waals surface area contributed by atoms with E-state index in [-0.39, 0.29) is 17.9 Å². The zero-order chi connectivity index (χ0) is 12.3. The summed E-state index contributed by atoms with van der Waals surface area (Å²) in [4.78, 5) is 13.8. The van der Waals surface area contributed by atoms with E-state index in [9.17, 15) is 9.90 Å². The van der Waals surface area contributed by atoms with Crippen LogP contribution in [0.25, 0.3) is 0 Å². The molecule has 1 aliphatic carbocycles. The van der Waals surface area contributed by atoms with Crippen molar-refractivity contribution in [1.82, 2.24) is 4.90 Å². The van der Waals surface area contributed by atoms with Crippen LogP contribution >= 0.6 is 0 Å². The molecule has 0 spiro atoms. The Morgan fingerprint density at radius 2 is 2.29 bits per heavy atom. The van der Waals surface area contributed by atoms with Crippen LogP contribution in [-0.2, 0) is 0 Å². The molecule has 4 heteroatoms. The van der Waals surface area contributed by atoms with Crippen molar-refractivity contribution >= 4 is 5.78 Å². The molecule has 2 rings (SSSR count). The topological polar surface area (TPSA) is 53.7 Å². The van der Waals surface area contributed by atoms with Gasteiger partial charge in [-0.15, -0.1) is 0 Å². The number of carbonyl (C=O) groups excluding carboxylic acids is 1. The third kappa shape index (κ3) is 2.96. The molecule has 17 heavy (non-hydrogen) atoms. The number of aliphatic hydroxyl groups is 1. The summed E-state index contributed by atoms with van der Waals surface area (Å²) in [5, 5.41) is 9.91. The summed E-state index contributed by atoms with van der Waals surface area (Å²) < 4.78 is 5.07. The second-order valence-corrected chi connectivity index (χ2v) is 4.73. The molecule has 1 aromatic rings. The predicted octanol–water partition coefficient (Wildman–Crippen LogP) is 1.70. The molecule has 0 amide bonds. The first-order valence-electron chi connectivity index (χ1n) is 6.13. The largest absolute Gasteiger partial charge is 0.461 e. The molecule has 1 N–H and O–H groups in total. The van der Waals surface area contributed by atoms with Crippen LogP contribution in [0.2, 0.25) is 0 Å². The lowest BCUT2D eigenvalue weighted by molar-refractivity contribution is 0.0316. The Morgan fingerprint density at radius 3 is 2.94 bits per heavy atom. The van der Waals surface area contributed by atoms with Crippen LogP contribution in [0.15, 0.2) is 22.8 Å². The lowest BCUT2D eigenvalue weighted by atomic mass is 9.91. The summed E-state index contributed by atoms with van der Waals surface area (Å²) in [6.07, 6.45) is 5.20. The minimum atomic E-state index is -0.307. The van der Waals surface area contributed by atoms with Crippen molar-refractivity contribution in [3.8, 4) is 0 Å². The van der Waals surface area contributed by atoms with Crippen LogP contribution < -0.4 is 0 Å². The van der Waals surface area contributed by atoms with Gasteiger partial charge in [0.2, 0.25) is 5.78 Å². The number of likely N-dealkylation sites (N-methyl/N-ethyl adjacent to an activating group) is 1. The molecule has 0 aromatic carbocycles. The molecular formula is C13H19NO3. The molecule has 1 aromatic heterocycles.